The van der Waals surface area contributed by atoms with Crippen molar-refractivity contribution in [1.29, 1.82) is 0 Å². The highest BCUT2D eigenvalue weighted by atomic mass is 16.7. The average Bonchev–Trinajstić information content (AvgIpc) is 2.26. The molecule has 2 atom stereocenters. The zero-order chi connectivity index (χ0) is 11.3. The Labute approximate surface area is 88.8 Å². The average molecular weight is 209 g/mol. The van der Waals surface area contributed by atoms with Crippen molar-refractivity contribution >= 4 is 5.97 Å². The van der Waals surface area contributed by atoms with Crippen molar-refractivity contribution in [2.45, 2.75) is 26.0 Å². The van der Waals surface area contributed by atoms with Crippen LogP contribution in [0.4, 0.5) is 0 Å². The lowest BCUT2D eigenvalue weighted by atomic mass is 10.1. The van der Waals surface area contributed by atoms with Crippen molar-refractivity contribution in [1.82, 2.24) is 5.48 Å². The fourth-order valence-corrected chi connectivity index (χ4v) is 1.05. The van der Waals surface area contributed by atoms with Gasteiger partial charge in [-0.3, -0.25) is 9.63 Å². The van der Waals surface area contributed by atoms with E-state index < -0.39 is 12.0 Å². The van der Waals surface area contributed by atoms with E-state index in [1.165, 1.54) is 6.92 Å². The summed E-state index contributed by atoms with van der Waals surface area (Å²) in [7, 11) is 0. The molecular formula is C11H15NO3. The first-order valence-electron chi connectivity index (χ1n) is 4.80. The monoisotopic (exact) mass is 209 g/mol. The summed E-state index contributed by atoms with van der Waals surface area (Å²) in [5.41, 5.74) is 3.48. The third-order valence-electron chi connectivity index (χ3n) is 2.06. The summed E-state index contributed by atoms with van der Waals surface area (Å²) in [6.07, 6.45) is -0.173. The van der Waals surface area contributed by atoms with Crippen molar-refractivity contribution in [2.24, 2.45) is 0 Å². The highest BCUT2D eigenvalue weighted by molar-refractivity contribution is 5.72. The highest BCUT2D eigenvalue weighted by Crippen LogP contribution is 2.14. The van der Waals surface area contributed by atoms with Crippen molar-refractivity contribution in [2.75, 3.05) is 0 Å². The molecule has 0 amide bonds. The lowest BCUT2D eigenvalue weighted by Gasteiger charge is -2.15. The number of carboxylic acids is 1. The number of hydroxylamine groups is 1. The van der Waals surface area contributed by atoms with Gasteiger partial charge in [0.2, 0.25) is 0 Å². The molecule has 82 valence electrons. The highest BCUT2D eigenvalue weighted by Gasteiger charge is 2.12. The molecule has 1 aromatic rings. The molecule has 0 fully saturated rings. The van der Waals surface area contributed by atoms with Crippen LogP contribution in [0.15, 0.2) is 30.3 Å². The molecular weight excluding hydrogens is 194 g/mol. The molecule has 0 heterocycles. The third kappa shape index (κ3) is 3.69. The molecule has 0 saturated heterocycles. The predicted molar refractivity (Wildman–Crippen MR) is 56.2 cm³/mol. The summed E-state index contributed by atoms with van der Waals surface area (Å²) in [5.74, 6) is -0.935. The number of nitrogens with one attached hydrogen (secondary N) is 1. The first kappa shape index (κ1) is 11.7. The van der Waals surface area contributed by atoms with Crippen LogP contribution in [0, 0.1) is 0 Å². The zero-order valence-corrected chi connectivity index (χ0v) is 8.81. The Morgan fingerprint density at radius 3 is 2.47 bits per heavy atom. The Morgan fingerprint density at radius 2 is 1.93 bits per heavy atom. The van der Waals surface area contributed by atoms with Gasteiger partial charge in [-0.15, -0.1) is 0 Å². The fraction of sp³-hybridized carbons (Fsp3) is 0.364. The van der Waals surface area contributed by atoms with Gasteiger partial charge < -0.3 is 5.11 Å². The first-order valence-corrected chi connectivity index (χ1v) is 4.80. The number of benzene rings is 1. The van der Waals surface area contributed by atoms with Crippen LogP contribution in [0.25, 0.3) is 0 Å². The van der Waals surface area contributed by atoms with E-state index in [0.717, 1.165) is 5.56 Å². The van der Waals surface area contributed by atoms with Gasteiger partial charge in [0, 0.05) is 0 Å². The zero-order valence-electron chi connectivity index (χ0n) is 8.81. The van der Waals surface area contributed by atoms with Crippen LogP contribution in [-0.2, 0) is 9.63 Å². The molecule has 0 aliphatic heterocycles. The van der Waals surface area contributed by atoms with Gasteiger partial charge in [-0.05, 0) is 19.4 Å². The number of rotatable bonds is 5. The molecule has 1 aromatic carbocycles. The fourth-order valence-electron chi connectivity index (χ4n) is 1.05. The molecule has 0 spiro atoms. The smallest absolute Gasteiger partial charge is 0.322 e. The topological polar surface area (TPSA) is 58.6 Å². The maximum Gasteiger partial charge on any atom is 0.322 e. The second-order valence-corrected chi connectivity index (χ2v) is 3.35. The van der Waals surface area contributed by atoms with Gasteiger partial charge in [0.25, 0.3) is 0 Å². The van der Waals surface area contributed by atoms with E-state index >= 15 is 0 Å². The van der Waals surface area contributed by atoms with E-state index in [1.54, 1.807) is 0 Å². The molecule has 2 N–H and O–H groups in total. The van der Waals surface area contributed by atoms with Crippen LogP contribution in [0.5, 0.6) is 0 Å². The minimum absolute atomic E-state index is 0.173. The van der Waals surface area contributed by atoms with Gasteiger partial charge in [-0.1, -0.05) is 30.3 Å². The molecule has 0 saturated carbocycles. The quantitative estimate of drug-likeness (QED) is 0.725. The Morgan fingerprint density at radius 1 is 1.33 bits per heavy atom. The number of carboxylic acid groups (broad SMARTS) is 1. The summed E-state index contributed by atoms with van der Waals surface area (Å²) in [6.45, 7) is 3.39. The predicted octanol–water partition coefficient (Wildman–Crippen LogP) is 1.74. The largest absolute Gasteiger partial charge is 0.480 e. The van der Waals surface area contributed by atoms with Crippen LogP contribution < -0.4 is 5.48 Å². The summed E-state index contributed by atoms with van der Waals surface area (Å²) in [6, 6.07) is 8.89. The number of carbonyl (C=O) groups is 1. The summed E-state index contributed by atoms with van der Waals surface area (Å²) < 4.78 is 0. The van der Waals surface area contributed by atoms with Crippen LogP contribution in [0.1, 0.15) is 25.5 Å². The normalized spacial score (nSPS) is 14.5. The van der Waals surface area contributed by atoms with Crippen LogP contribution in [0.2, 0.25) is 0 Å². The van der Waals surface area contributed by atoms with Gasteiger partial charge in [0.05, 0.1) is 0 Å². The van der Waals surface area contributed by atoms with Crippen molar-refractivity contribution in [3.8, 4) is 0 Å². The molecule has 15 heavy (non-hydrogen) atoms. The van der Waals surface area contributed by atoms with Gasteiger partial charge in [0.15, 0.2) is 0 Å². The van der Waals surface area contributed by atoms with Gasteiger partial charge in [0.1, 0.15) is 12.1 Å². The summed E-state index contributed by atoms with van der Waals surface area (Å²) in [5, 5.41) is 8.62. The lowest BCUT2D eigenvalue weighted by Crippen LogP contribution is -2.34. The maximum absolute atomic E-state index is 10.5. The maximum atomic E-state index is 10.5. The molecule has 0 bridgehead atoms. The molecule has 1 rings (SSSR count). The summed E-state index contributed by atoms with van der Waals surface area (Å²) >= 11 is 0. The van der Waals surface area contributed by atoms with Crippen molar-refractivity contribution in [3.63, 3.8) is 0 Å². The minimum atomic E-state index is -0.935. The van der Waals surface area contributed by atoms with Crippen LogP contribution in [0.3, 0.4) is 0 Å². The second-order valence-electron chi connectivity index (χ2n) is 3.35. The van der Waals surface area contributed by atoms with Gasteiger partial charge in [-0.2, -0.15) is 5.48 Å². The standard InChI is InChI=1S/C11H15NO3/c1-8(11(13)14)12-15-9(2)10-6-4-3-5-7-10/h3-9,12H,1-2H3,(H,13,14). The summed E-state index contributed by atoms with van der Waals surface area (Å²) in [4.78, 5) is 15.7. The number of hydrogen-bond donors (Lipinski definition) is 2. The Hall–Kier alpha value is -1.39. The van der Waals surface area contributed by atoms with Gasteiger partial charge in [-0.25, -0.2) is 0 Å². The van der Waals surface area contributed by atoms with E-state index in [0.29, 0.717) is 0 Å². The number of aliphatic carboxylic acids is 1. The SMILES string of the molecule is CC(NOC(C)c1ccccc1)C(=O)O. The third-order valence-corrected chi connectivity index (χ3v) is 2.06. The van der Waals surface area contributed by atoms with E-state index in [4.69, 9.17) is 9.94 Å². The number of hydrogen-bond acceptors (Lipinski definition) is 3. The second kappa shape index (κ2) is 5.48. The van der Waals surface area contributed by atoms with E-state index in [-0.39, 0.29) is 6.10 Å². The Kier molecular flexibility index (Phi) is 4.27. The van der Waals surface area contributed by atoms with Crippen LogP contribution >= 0.6 is 0 Å². The van der Waals surface area contributed by atoms with Crippen molar-refractivity contribution < 1.29 is 14.7 Å². The molecule has 0 aliphatic carbocycles. The van der Waals surface area contributed by atoms with E-state index in [2.05, 4.69) is 5.48 Å². The van der Waals surface area contributed by atoms with E-state index in [1.807, 2.05) is 37.3 Å². The Balaban J connectivity index is 2.43. The first-order chi connectivity index (χ1) is 7.11. The molecule has 2 unspecified atom stereocenters. The minimum Gasteiger partial charge on any atom is -0.480 e. The van der Waals surface area contributed by atoms with Crippen LogP contribution in [-0.4, -0.2) is 17.1 Å². The molecule has 4 heteroatoms. The molecule has 0 radical (unpaired) electrons. The van der Waals surface area contributed by atoms with Gasteiger partial charge >= 0.3 is 5.97 Å². The Bertz CT molecular complexity index is 313. The van der Waals surface area contributed by atoms with E-state index in [9.17, 15) is 4.79 Å². The molecule has 0 aliphatic rings. The molecule has 0 aromatic heterocycles. The van der Waals surface area contributed by atoms with Crippen molar-refractivity contribution in [3.05, 3.63) is 35.9 Å². The molecule has 4 nitrogen and oxygen atoms in total. The lowest BCUT2D eigenvalue weighted by molar-refractivity contribution is -0.145.